The lowest BCUT2D eigenvalue weighted by atomic mass is 9.94. The number of nitrogens with zero attached hydrogens (tertiary/aromatic N) is 1. The van der Waals surface area contributed by atoms with Crippen molar-refractivity contribution in [3.05, 3.63) is 11.1 Å². The molecule has 2 N–H and O–H groups in total. The number of thiazole rings is 1. The Labute approximate surface area is 124 Å². The van der Waals surface area contributed by atoms with Crippen LogP contribution < -0.4 is 10.6 Å². The fourth-order valence-corrected chi connectivity index (χ4v) is 3.46. The highest BCUT2D eigenvalue weighted by Crippen LogP contribution is 2.37. The van der Waals surface area contributed by atoms with E-state index < -0.39 is 0 Å². The van der Waals surface area contributed by atoms with Gasteiger partial charge in [-0.1, -0.05) is 0 Å². The lowest BCUT2D eigenvalue weighted by molar-refractivity contribution is -0.114. The number of ether oxygens (including phenoxy) is 1. The number of hydrogen-bond acceptors (Lipinski definition) is 5. The van der Waals surface area contributed by atoms with Gasteiger partial charge in [0.1, 0.15) is 0 Å². The first-order valence-corrected chi connectivity index (χ1v) is 7.71. The largest absolute Gasteiger partial charge is 0.368 e. The normalized spacial score (nSPS) is 23.8. The molecule has 6 heteroatoms. The number of rotatable bonds is 4. The predicted molar refractivity (Wildman–Crippen MR) is 80.9 cm³/mol. The summed E-state index contributed by atoms with van der Waals surface area (Å²) in [4.78, 5) is 15.3. The summed E-state index contributed by atoms with van der Waals surface area (Å²) in [7, 11) is 0. The molecule has 1 saturated heterocycles. The molecule has 5 nitrogen and oxygen atoms in total. The van der Waals surface area contributed by atoms with Crippen LogP contribution in [0, 0.1) is 0 Å². The van der Waals surface area contributed by atoms with Crippen LogP contribution in [-0.2, 0) is 16.1 Å². The second-order valence-electron chi connectivity index (χ2n) is 6.43. The maximum absolute atomic E-state index is 11.0. The molecule has 1 aromatic rings. The van der Waals surface area contributed by atoms with Crippen LogP contribution in [0.1, 0.15) is 46.7 Å². The number of amides is 1. The van der Waals surface area contributed by atoms with E-state index in [1.54, 1.807) is 0 Å². The fourth-order valence-electron chi connectivity index (χ4n) is 2.70. The van der Waals surface area contributed by atoms with Crippen molar-refractivity contribution in [2.75, 3.05) is 5.32 Å². The van der Waals surface area contributed by atoms with E-state index in [0.717, 1.165) is 12.1 Å². The van der Waals surface area contributed by atoms with E-state index in [1.807, 2.05) is 5.38 Å². The molecule has 0 radical (unpaired) electrons. The SMILES string of the molecule is CC(=O)Nc1nc(CNC2CC(C)(C)OC2(C)C)cs1. The van der Waals surface area contributed by atoms with Crippen molar-refractivity contribution >= 4 is 22.4 Å². The van der Waals surface area contributed by atoms with E-state index >= 15 is 0 Å². The van der Waals surface area contributed by atoms with E-state index in [9.17, 15) is 4.79 Å². The van der Waals surface area contributed by atoms with Crippen LogP contribution in [0.5, 0.6) is 0 Å². The summed E-state index contributed by atoms with van der Waals surface area (Å²) < 4.78 is 6.06. The van der Waals surface area contributed by atoms with Gasteiger partial charge in [-0.3, -0.25) is 4.79 Å². The van der Waals surface area contributed by atoms with Crippen LogP contribution in [0.2, 0.25) is 0 Å². The first-order chi connectivity index (χ1) is 9.18. The molecule has 2 heterocycles. The summed E-state index contributed by atoms with van der Waals surface area (Å²) in [5.74, 6) is -0.0917. The van der Waals surface area contributed by atoms with Crippen molar-refractivity contribution in [3.63, 3.8) is 0 Å². The van der Waals surface area contributed by atoms with Crippen molar-refractivity contribution in [1.82, 2.24) is 10.3 Å². The van der Waals surface area contributed by atoms with E-state index in [2.05, 4.69) is 43.3 Å². The minimum atomic E-state index is -0.181. The standard InChI is InChI=1S/C14H23N3O2S/c1-9(18)16-12-17-10(8-20-12)7-15-11-6-13(2,3)19-14(11,4)5/h8,11,15H,6-7H2,1-5H3,(H,16,17,18). The maximum Gasteiger partial charge on any atom is 0.223 e. The Balaban J connectivity index is 1.92. The second kappa shape index (κ2) is 5.42. The fraction of sp³-hybridized carbons (Fsp3) is 0.714. The van der Waals surface area contributed by atoms with Crippen LogP contribution in [-0.4, -0.2) is 28.1 Å². The van der Waals surface area contributed by atoms with Gasteiger partial charge in [-0.15, -0.1) is 11.3 Å². The minimum absolute atomic E-state index is 0.0917. The summed E-state index contributed by atoms with van der Waals surface area (Å²) in [5, 5.41) is 8.83. The van der Waals surface area contributed by atoms with E-state index in [0.29, 0.717) is 17.7 Å². The third-order valence-electron chi connectivity index (χ3n) is 3.44. The minimum Gasteiger partial charge on any atom is -0.368 e. The molecule has 0 spiro atoms. The van der Waals surface area contributed by atoms with Crippen LogP contribution in [0.25, 0.3) is 0 Å². The maximum atomic E-state index is 11.0. The number of carbonyl (C=O) groups excluding carboxylic acids is 1. The molecular weight excluding hydrogens is 274 g/mol. The van der Waals surface area contributed by atoms with Crippen LogP contribution in [0.15, 0.2) is 5.38 Å². The second-order valence-corrected chi connectivity index (χ2v) is 7.29. The lowest BCUT2D eigenvalue weighted by Crippen LogP contribution is -2.43. The van der Waals surface area contributed by atoms with E-state index in [1.165, 1.54) is 18.3 Å². The van der Waals surface area contributed by atoms with Gasteiger partial charge in [0, 0.05) is 24.9 Å². The van der Waals surface area contributed by atoms with Crippen molar-refractivity contribution in [2.24, 2.45) is 0 Å². The Bertz CT molecular complexity index is 496. The Morgan fingerprint density at radius 1 is 1.50 bits per heavy atom. The molecule has 20 heavy (non-hydrogen) atoms. The average Bonchev–Trinajstić information content (AvgIpc) is 2.76. The third-order valence-corrected chi connectivity index (χ3v) is 4.25. The number of carbonyl (C=O) groups is 1. The molecule has 1 fully saturated rings. The molecule has 0 aromatic carbocycles. The third kappa shape index (κ3) is 3.77. The van der Waals surface area contributed by atoms with Crippen LogP contribution in [0.4, 0.5) is 5.13 Å². The molecule has 0 aliphatic carbocycles. The van der Waals surface area contributed by atoms with E-state index in [-0.39, 0.29) is 17.1 Å². The van der Waals surface area contributed by atoms with Gasteiger partial charge in [-0.2, -0.15) is 0 Å². The highest BCUT2D eigenvalue weighted by Gasteiger charge is 2.45. The predicted octanol–water partition coefficient (Wildman–Crippen LogP) is 2.54. The Morgan fingerprint density at radius 3 is 2.75 bits per heavy atom. The Kier molecular flexibility index (Phi) is 4.18. The molecule has 1 aromatic heterocycles. The summed E-state index contributed by atoms with van der Waals surface area (Å²) >= 11 is 1.45. The summed E-state index contributed by atoms with van der Waals surface area (Å²) in [6, 6.07) is 0.295. The van der Waals surface area contributed by atoms with Gasteiger partial charge in [0.2, 0.25) is 5.91 Å². The number of hydrogen-bond donors (Lipinski definition) is 2. The molecule has 0 saturated carbocycles. The smallest absolute Gasteiger partial charge is 0.223 e. The molecule has 1 amide bonds. The van der Waals surface area contributed by atoms with Gasteiger partial charge >= 0.3 is 0 Å². The Morgan fingerprint density at radius 2 is 2.20 bits per heavy atom. The molecule has 2 rings (SSSR count). The Hall–Kier alpha value is -0.980. The van der Waals surface area contributed by atoms with Crippen molar-refractivity contribution in [3.8, 4) is 0 Å². The van der Waals surface area contributed by atoms with Gasteiger partial charge in [-0.05, 0) is 34.1 Å². The van der Waals surface area contributed by atoms with Gasteiger partial charge in [0.05, 0.1) is 16.9 Å². The van der Waals surface area contributed by atoms with Gasteiger partial charge in [-0.25, -0.2) is 4.98 Å². The zero-order valence-electron chi connectivity index (χ0n) is 12.7. The number of aromatic nitrogens is 1. The zero-order chi connectivity index (χ0) is 15.0. The summed E-state index contributed by atoms with van der Waals surface area (Å²) in [5.41, 5.74) is 0.671. The van der Waals surface area contributed by atoms with Crippen molar-refractivity contribution in [1.29, 1.82) is 0 Å². The average molecular weight is 297 g/mol. The topological polar surface area (TPSA) is 63.2 Å². The van der Waals surface area contributed by atoms with Gasteiger partial charge in [0.25, 0.3) is 0 Å². The number of anilines is 1. The molecule has 1 aliphatic rings. The monoisotopic (exact) mass is 297 g/mol. The molecule has 1 atom stereocenters. The van der Waals surface area contributed by atoms with Crippen LogP contribution >= 0.6 is 11.3 Å². The summed E-state index contributed by atoms with van der Waals surface area (Å²) in [6.07, 6.45) is 0.975. The quantitative estimate of drug-likeness (QED) is 0.896. The summed E-state index contributed by atoms with van der Waals surface area (Å²) in [6.45, 7) is 10.6. The zero-order valence-corrected chi connectivity index (χ0v) is 13.6. The molecule has 0 bridgehead atoms. The molecule has 112 valence electrons. The van der Waals surface area contributed by atoms with Crippen molar-refractivity contribution in [2.45, 2.75) is 64.8 Å². The van der Waals surface area contributed by atoms with Gasteiger partial charge < -0.3 is 15.4 Å². The van der Waals surface area contributed by atoms with Gasteiger partial charge in [0.15, 0.2) is 5.13 Å². The number of nitrogens with one attached hydrogen (secondary N) is 2. The molecule has 1 unspecified atom stereocenters. The van der Waals surface area contributed by atoms with Crippen LogP contribution in [0.3, 0.4) is 0 Å². The molecular formula is C14H23N3O2S. The molecule has 1 aliphatic heterocycles. The lowest BCUT2D eigenvalue weighted by Gasteiger charge is -2.27. The highest BCUT2D eigenvalue weighted by molar-refractivity contribution is 7.13. The van der Waals surface area contributed by atoms with E-state index in [4.69, 9.17) is 4.74 Å². The first-order valence-electron chi connectivity index (χ1n) is 6.83. The van der Waals surface area contributed by atoms with Crippen molar-refractivity contribution < 1.29 is 9.53 Å². The first kappa shape index (κ1) is 15.4. The highest BCUT2D eigenvalue weighted by atomic mass is 32.1.